The topological polar surface area (TPSA) is 61.4 Å². The zero-order valence-electron chi connectivity index (χ0n) is 13.5. The summed E-state index contributed by atoms with van der Waals surface area (Å²) >= 11 is 1.56. The van der Waals surface area contributed by atoms with Gasteiger partial charge in [0.25, 0.3) is 5.91 Å². The Balaban J connectivity index is 1.50. The summed E-state index contributed by atoms with van der Waals surface area (Å²) in [5, 5.41) is 7.68. The van der Waals surface area contributed by atoms with Gasteiger partial charge in [0.05, 0.1) is 23.9 Å². The molecule has 2 aliphatic heterocycles. The van der Waals surface area contributed by atoms with Crippen LogP contribution in [0.4, 0.5) is 4.79 Å². The van der Waals surface area contributed by atoms with Crippen molar-refractivity contribution in [1.82, 2.24) is 15.5 Å². The van der Waals surface area contributed by atoms with Crippen LogP contribution in [0.25, 0.3) is 0 Å². The van der Waals surface area contributed by atoms with Gasteiger partial charge in [-0.15, -0.1) is 11.3 Å². The minimum atomic E-state index is -0.319. The molecule has 0 saturated heterocycles. The summed E-state index contributed by atoms with van der Waals surface area (Å²) in [4.78, 5) is 27.7. The van der Waals surface area contributed by atoms with E-state index in [9.17, 15) is 9.59 Å². The van der Waals surface area contributed by atoms with E-state index in [4.69, 9.17) is 0 Å². The van der Waals surface area contributed by atoms with Crippen LogP contribution in [0.2, 0.25) is 0 Å². The maximum atomic E-state index is 12.9. The van der Waals surface area contributed by atoms with Crippen molar-refractivity contribution in [2.45, 2.75) is 38.1 Å². The van der Waals surface area contributed by atoms with Crippen LogP contribution in [0, 0.1) is 0 Å². The van der Waals surface area contributed by atoms with Crippen molar-refractivity contribution >= 4 is 23.3 Å². The van der Waals surface area contributed by atoms with E-state index in [1.54, 1.807) is 11.3 Å². The van der Waals surface area contributed by atoms with E-state index in [-0.39, 0.29) is 18.0 Å². The summed E-state index contributed by atoms with van der Waals surface area (Å²) in [6.07, 6.45) is 8.13. The van der Waals surface area contributed by atoms with Gasteiger partial charge in [0.2, 0.25) is 0 Å². The van der Waals surface area contributed by atoms with Gasteiger partial charge >= 0.3 is 6.03 Å². The highest BCUT2D eigenvalue weighted by Gasteiger charge is 2.40. The van der Waals surface area contributed by atoms with Crippen LogP contribution >= 0.6 is 11.3 Å². The van der Waals surface area contributed by atoms with Crippen LogP contribution in [0.15, 0.2) is 40.4 Å². The third kappa shape index (κ3) is 2.86. The number of nitrogens with one attached hydrogen (secondary N) is 2. The number of rotatable bonds is 4. The molecule has 0 fully saturated rings. The molecule has 0 aromatic carbocycles. The first-order valence-corrected chi connectivity index (χ1v) is 9.41. The Morgan fingerprint density at radius 3 is 2.96 bits per heavy atom. The second-order valence-corrected chi connectivity index (χ2v) is 7.50. The van der Waals surface area contributed by atoms with Crippen molar-refractivity contribution in [3.63, 3.8) is 0 Å². The first-order valence-electron chi connectivity index (χ1n) is 8.53. The summed E-state index contributed by atoms with van der Waals surface area (Å²) in [7, 11) is 0. The van der Waals surface area contributed by atoms with Crippen LogP contribution in [0.5, 0.6) is 0 Å². The Hall–Kier alpha value is -2.08. The monoisotopic (exact) mass is 343 g/mol. The molecule has 0 saturated carbocycles. The number of urea groups is 1. The molecule has 3 heterocycles. The zero-order valence-corrected chi connectivity index (χ0v) is 14.3. The molecule has 1 atom stereocenters. The molecule has 1 aromatic heterocycles. The number of carbonyl (C=O) groups is 2. The maximum absolute atomic E-state index is 12.9. The van der Waals surface area contributed by atoms with Gasteiger partial charge in [0.1, 0.15) is 0 Å². The van der Waals surface area contributed by atoms with Crippen molar-refractivity contribution in [2.75, 3.05) is 13.1 Å². The van der Waals surface area contributed by atoms with Crippen molar-refractivity contribution < 1.29 is 9.59 Å². The predicted molar refractivity (Wildman–Crippen MR) is 93.5 cm³/mol. The predicted octanol–water partition coefficient (Wildman–Crippen LogP) is 3.09. The molecule has 5 nitrogen and oxygen atoms in total. The summed E-state index contributed by atoms with van der Waals surface area (Å²) < 4.78 is 0. The number of hydrogen-bond acceptors (Lipinski definition) is 3. The Morgan fingerprint density at radius 2 is 2.21 bits per heavy atom. The maximum Gasteiger partial charge on any atom is 0.319 e. The molecule has 0 unspecified atom stereocenters. The highest BCUT2D eigenvalue weighted by atomic mass is 32.1. The van der Waals surface area contributed by atoms with Crippen molar-refractivity contribution in [3.05, 3.63) is 45.3 Å². The van der Waals surface area contributed by atoms with E-state index in [0.29, 0.717) is 12.1 Å². The molecule has 24 heavy (non-hydrogen) atoms. The fourth-order valence-corrected chi connectivity index (χ4v) is 4.47. The summed E-state index contributed by atoms with van der Waals surface area (Å²) in [6.45, 7) is 1.24. The lowest BCUT2D eigenvalue weighted by Crippen LogP contribution is -2.44. The molecular weight excluding hydrogens is 322 g/mol. The first-order chi connectivity index (χ1) is 11.7. The second-order valence-electron chi connectivity index (χ2n) is 6.52. The van der Waals surface area contributed by atoms with Crippen LogP contribution in [-0.4, -0.2) is 29.9 Å². The molecule has 2 N–H and O–H groups in total. The smallest absolute Gasteiger partial charge is 0.319 e. The molecule has 126 valence electrons. The van der Waals surface area contributed by atoms with E-state index >= 15 is 0 Å². The quantitative estimate of drug-likeness (QED) is 0.825. The number of carbonyl (C=O) groups excluding carboxylic acids is 2. The first kappa shape index (κ1) is 15.4. The summed E-state index contributed by atoms with van der Waals surface area (Å²) in [5.74, 6) is 0.0484. The van der Waals surface area contributed by atoms with Crippen LogP contribution in [0.1, 0.15) is 43.0 Å². The summed E-state index contributed by atoms with van der Waals surface area (Å²) in [6, 6.07) is 3.37. The van der Waals surface area contributed by atoms with Crippen LogP contribution < -0.4 is 10.6 Å². The van der Waals surface area contributed by atoms with Gasteiger partial charge in [-0.05, 0) is 43.6 Å². The van der Waals surface area contributed by atoms with Crippen molar-refractivity contribution in [3.8, 4) is 0 Å². The number of nitrogens with zero attached hydrogens (tertiary/aromatic N) is 1. The fraction of sp³-hybridized carbons (Fsp3) is 0.444. The Bertz CT molecular complexity index is 721. The molecule has 0 bridgehead atoms. The zero-order chi connectivity index (χ0) is 16.5. The van der Waals surface area contributed by atoms with E-state index in [2.05, 4.69) is 16.7 Å². The molecule has 6 heteroatoms. The van der Waals surface area contributed by atoms with E-state index in [0.717, 1.165) is 30.0 Å². The van der Waals surface area contributed by atoms with Gasteiger partial charge in [0.15, 0.2) is 0 Å². The Morgan fingerprint density at radius 1 is 1.29 bits per heavy atom. The minimum Gasteiger partial charge on any atom is -0.333 e. The third-order valence-electron chi connectivity index (χ3n) is 4.94. The lowest BCUT2D eigenvalue weighted by atomic mass is 9.97. The van der Waals surface area contributed by atoms with Crippen molar-refractivity contribution in [2.24, 2.45) is 0 Å². The standard InChI is InChI=1S/C18H21N3O2S/c22-17-15-13(11-21(17)9-8-12-5-2-1-3-6-12)19-18(23)20-16(15)14-7-4-10-24-14/h4-5,7,10,16H,1-3,6,8-9,11H2,(H2,19,20,23)/t16-/m1/s1. The van der Waals surface area contributed by atoms with Crippen LogP contribution in [0.3, 0.4) is 0 Å². The van der Waals surface area contributed by atoms with E-state index < -0.39 is 0 Å². The molecule has 3 amide bonds. The molecule has 0 spiro atoms. The second kappa shape index (κ2) is 6.43. The van der Waals surface area contributed by atoms with Gasteiger partial charge in [-0.3, -0.25) is 4.79 Å². The molecule has 4 rings (SSSR count). The molecular formula is C18H21N3O2S. The molecule has 3 aliphatic rings. The number of allylic oxidation sites excluding steroid dienone is 1. The van der Waals surface area contributed by atoms with E-state index in [1.165, 1.54) is 24.8 Å². The van der Waals surface area contributed by atoms with Gasteiger partial charge in [-0.1, -0.05) is 17.7 Å². The highest BCUT2D eigenvalue weighted by Crippen LogP contribution is 2.34. The largest absolute Gasteiger partial charge is 0.333 e. The Labute approximate surface area is 145 Å². The van der Waals surface area contributed by atoms with Gasteiger partial charge < -0.3 is 15.5 Å². The number of amides is 3. The molecule has 0 radical (unpaired) electrons. The van der Waals surface area contributed by atoms with Gasteiger partial charge in [-0.2, -0.15) is 0 Å². The SMILES string of the molecule is O=C1NC2=C(C(=O)N(CCC3=CCCCC3)C2)[C@@H](c2cccs2)N1. The Kier molecular flexibility index (Phi) is 4.14. The molecule has 1 aromatic rings. The molecule has 1 aliphatic carbocycles. The third-order valence-corrected chi connectivity index (χ3v) is 5.87. The van der Waals surface area contributed by atoms with Crippen molar-refractivity contribution in [1.29, 1.82) is 0 Å². The summed E-state index contributed by atoms with van der Waals surface area (Å²) in [5.41, 5.74) is 2.94. The average Bonchev–Trinajstić information content (AvgIpc) is 3.22. The van der Waals surface area contributed by atoms with Gasteiger partial charge in [0, 0.05) is 11.4 Å². The highest BCUT2D eigenvalue weighted by molar-refractivity contribution is 7.10. The normalized spacial score (nSPS) is 23.8. The van der Waals surface area contributed by atoms with E-state index in [1.807, 2.05) is 22.4 Å². The minimum absolute atomic E-state index is 0.0484. The average molecular weight is 343 g/mol. The lowest BCUT2D eigenvalue weighted by molar-refractivity contribution is -0.125. The van der Waals surface area contributed by atoms with Gasteiger partial charge in [-0.25, -0.2) is 4.79 Å². The fourth-order valence-electron chi connectivity index (χ4n) is 3.69. The number of hydrogen-bond donors (Lipinski definition) is 2. The lowest BCUT2D eigenvalue weighted by Gasteiger charge is -2.24. The van der Waals surface area contributed by atoms with Crippen LogP contribution in [-0.2, 0) is 4.79 Å². The number of thiophene rings is 1.